The van der Waals surface area contributed by atoms with Crippen molar-refractivity contribution in [1.82, 2.24) is 4.90 Å². The van der Waals surface area contributed by atoms with Crippen LogP contribution in [-0.2, 0) is 4.79 Å². The second-order valence-electron chi connectivity index (χ2n) is 7.14. The summed E-state index contributed by atoms with van der Waals surface area (Å²) in [6.45, 7) is 4.14. The van der Waals surface area contributed by atoms with Crippen LogP contribution in [0.3, 0.4) is 0 Å². The van der Waals surface area contributed by atoms with Crippen LogP contribution in [-0.4, -0.2) is 49.8 Å². The van der Waals surface area contributed by atoms with E-state index in [0.29, 0.717) is 11.8 Å². The summed E-state index contributed by atoms with van der Waals surface area (Å²) in [4.78, 5) is 17.8. The molecule has 1 saturated heterocycles. The van der Waals surface area contributed by atoms with Gasteiger partial charge in [-0.1, -0.05) is 6.07 Å². The van der Waals surface area contributed by atoms with Gasteiger partial charge in [0, 0.05) is 35.4 Å². The van der Waals surface area contributed by atoms with E-state index in [-0.39, 0.29) is 11.7 Å². The zero-order valence-corrected chi connectivity index (χ0v) is 16.9. The number of hydrogen-bond acceptors (Lipinski definition) is 4. The van der Waals surface area contributed by atoms with Gasteiger partial charge in [0.25, 0.3) is 0 Å². The molecule has 0 saturated carbocycles. The third-order valence-corrected chi connectivity index (χ3v) is 5.92. The third-order valence-electron chi connectivity index (χ3n) is 4.91. The van der Waals surface area contributed by atoms with Crippen LogP contribution in [0.25, 0.3) is 0 Å². The molecule has 0 bridgehead atoms. The average molecular weight is 388 g/mol. The number of amides is 1. The number of benzene rings is 2. The predicted octanol–water partition coefficient (Wildman–Crippen LogP) is 4.01. The standard InChI is InChI=1S/C21H26FN3OS/c1-15-4-7-17(12-20(15)25-11-10-18(13-25)24(2)3)23-21(26)14-27-19-8-5-16(22)6-9-19/h4-9,12,18H,10-11,13-14H2,1-3H3,(H,23,26)/t18-/m0/s1. The number of halogens is 1. The second-order valence-corrected chi connectivity index (χ2v) is 8.19. The topological polar surface area (TPSA) is 35.6 Å². The maximum absolute atomic E-state index is 12.9. The van der Waals surface area contributed by atoms with Crippen molar-refractivity contribution in [3.8, 4) is 0 Å². The van der Waals surface area contributed by atoms with Crippen molar-refractivity contribution >= 4 is 29.0 Å². The number of aryl methyl sites for hydroxylation is 1. The molecule has 1 aliphatic rings. The first-order valence-corrected chi connectivity index (χ1v) is 10.1. The molecule has 6 heteroatoms. The highest BCUT2D eigenvalue weighted by molar-refractivity contribution is 8.00. The minimum absolute atomic E-state index is 0.0632. The highest BCUT2D eigenvalue weighted by Gasteiger charge is 2.25. The van der Waals surface area contributed by atoms with E-state index in [1.165, 1.54) is 35.1 Å². The molecule has 0 aliphatic carbocycles. The number of carbonyl (C=O) groups is 1. The molecule has 1 N–H and O–H groups in total. The number of likely N-dealkylation sites (N-methyl/N-ethyl adjacent to an activating group) is 1. The lowest BCUT2D eigenvalue weighted by molar-refractivity contribution is -0.113. The summed E-state index contributed by atoms with van der Waals surface area (Å²) in [5.74, 6) is -0.0394. The van der Waals surface area contributed by atoms with E-state index in [1.807, 2.05) is 6.07 Å². The molecule has 27 heavy (non-hydrogen) atoms. The molecular formula is C21H26FN3OS. The highest BCUT2D eigenvalue weighted by atomic mass is 32.2. The molecule has 3 rings (SSSR count). The van der Waals surface area contributed by atoms with E-state index in [2.05, 4.69) is 48.3 Å². The number of hydrogen-bond donors (Lipinski definition) is 1. The highest BCUT2D eigenvalue weighted by Crippen LogP contribution is 2.28. The molecular weight excluding hydrogens is 361 g/mol. The Morgan fingerprint density at radius 3 is 2.67 bits per heavy atom. The lowest BCUT2D eigenvalue weighted by Gasteiger charge is -2.24. The monoisotopic (exact) mass is 387 g/mol. The van der Waals surface area contributed by atoms with Crippen LogP contribution < -0.4 is 10.2 Å². The van der Waals surface area contributed by atoms with Crippen LogP contribution in [0.4, 0.5) is 15.8 Å². The molecule has 0 radical (unpaired) electrons. The quantitative estimate of drug-likeness (QED) is 0.760. The van der Waals surface area contributed by atoms with Gasteiger partial charge in [-0.2, -0.15) is 0 Å². The number of carbonyl (C=O) groups excluding carboxylic acids is 1. The van der Waals surface area contributed by atoms with Crippen molar-refractivity contribution in [2.45, 2.75) is 24.3 Å². The Labute approximate surface area is 164 Å². The summed E-state index contributed by atoms with van der Waals surface area (Å²) >= 11 is 1.40. The van der Waals surface area contributed by atoms with Gasteiger partial charge in [-0.15, -0.1) is 11.8 Å². The van der Waals surface area contributed by atoms with Gasteiger partial charge >= 0.3 is 0 Å². The Hall–Kier alpha value is -2.05. The zero-order chi connectivity index (χ0) is 19.4. The minimum atomic E-state index is -0.269. The van der Waals surface area contributed by atoms with Crippen molar-refractivity contribution in [1.29, 1.82) is 0 Å². The Morgan fingerprint density at radius 1 is 1.26 bits per heavy atom. The van der Waals surface area contributed by atoms with E-state index in [1.54, 1.807) is 12.1 Å². The molecule has 2 aromatic carbocycles. The lowest BCUT2D eigenvalue weighted by Crippen LogP contribution is -2.31. The molecule has 1 aliphatic heterocycles. The second kappa shape index (κ2) is 8.76. The number of nitrogens with one attached hydrogen (secondary N) is 1. The number of rotatable bonds is 6. The van der Waals surface area contributed by atoms with Crippen LogP contribution >= 0.6 is 11.8 Å². The summed E-state index contributed by atoms with van der Waals surface area (Å²) in [5, 5.41) is 2.98. The van der Waals surface area contributed by atoms with Crippen molar-refractivity contribution in [3.63, 3.8) is 0 Å². The summed E-state index contributed by atoms with van der Waals surface area (Å²) < 4.78 is 12.9. The number of nitrogens with zero attached hydrogens (tertiary/aromatic N) is 2. The minimum Gasteiger partial charge on any atom is -0.370 e. The summed E-state index contributed by atoms with van der Waals surface area (Å²) in [6, 6.07) is 12.8. The van der Waals surface area contributed by atoms with Crippen molar-refractivity contribution in [3.05, 3.63) is 53.8 Å². The fourth-order valence-electron chi connectivity index (χ4n) is 3.29. The first-order valence-electron chi connectivity index (χ1n) is 9.12. The largest absolute Gasteiger partial charge is 0.370 e. The fraction of sp³-hybridized carbons (Fsp3) is 0.381. The Kier molecular flexibility index (Phi) is 6.39. The molecule has 1 amide bonds. The van der Waals surface area contributed by atoms with Gasteiger partial charge in [-0.3, -0.25) is 4.79 Å². The van der Waals surface area contributed by atoms with Gasteiger partial charge in [-0.05, 0) is 69.4 Å². The van der Waals surface area contributed by atoms with Gasteiger partial charge in [-0.25, -0.2) is 4.39 Å². The van der Waals surface area contributed by atoms with Crippen molar-refractivity contribution < 1.29 is 9.18 Å². The predicted molar refractivity (Wildman–Crippen MR) is 111 cm³/mol. The van der Waals surface area contributed by atoms with Gasteiger partial charge in [0.15, 0.2) is 0 Å². The first-order chi connectivity index (χ1) is 12.9. The number of anilines is 2. The maximum atomic E-state index is 12.9. The molecule has 4 nitrogen and oxygen atoms in total. The van der Waals surface area contributed by atoms with E-state index >= 15 is 0 Å². The van der Waals surface area contributed by atoms with Crippen LogP contribution in [0.2, 0.25) is 0 Å². The molecule has 1 atom stereocenters. The molecule has 0 aromatic heterocycles. The normalized spacial score (nSPS) is 16.8. The van der Waals surface area contributed by atoms with Crippen LogP contribution in [0.1, 0.15) is 12.0 Å². The summed E-state index contributed by atoms with van der Waals surface area (Å²) in [6.07, 6.45) is 1.15. The third kappa shape index (κ3) is 5.23. The van der Waals surface area contributed by atoms with Crippen molar-refractivity contribution in [2.24, 2.45) is 0 Å². The van der Waals surface area contributed by atoms with Gasteiger partial charge in [0.1, 0.15) is 5.82 Å². The molecule has 1 fully saturated rings. The summed E-state index contributed by atoms with van der Waals surface area (Å²) in [5.41, 5.74) is 3.21. The summed E-state index contributed by atoms with van der Waals surface area (Å²) in [7, 11) is 4.24. The first kappa shape index (κ1) is 19.7. The maximum Gasteiger partial charge on any atom is 0.234 e. The zero-order valence-electron chi connectivity index (χ0n) is 16.0. The van der Waals surface area contributed by atoms with Gasteiger partial charge < -0.3 is 15.1 Å². The smallest absolute Gasteiger partial charge is 0.234 e. The average Bonchev–Trinajstić information content (AvgIpc) is 3.13. The number of thioether (sulfide) groups is 1. The Morgan fingerprint density at radius 2 is 2.00 bits per heavy atom. The van der Waals surface area contributed by atoms with E-state index in [0.717, 1.165) is 30.1 Å². The Balaban J connectivity index is 1.60. The van der Waals surface area contributed by atoms with Crippen LogP contribution in [0, 0.1) is 12.7 Å². The van der Waals surface area contributed by atoms with Crippen LogP contribution in [0.5, 0.6) is 0 Å². The van der Waals surface area contributed by atoms with Crippen molar-refractivity contribution in [2.75, 3.05) is 43.2 Å². The molecule has 1 heterocycles. The fourth-order valence-corrected chi connectivity index (χ4v) is 3.99. The molecule has 2 aromatic rings. The van der Waals surface area contributed by atoms with Gasteiger partial charge in [0.2, 0.25) is 5.91 Å². The van der Waals surface area contributed by atoms with Gasteiger partial charge in [0.05, 0.1) is 5.75 Å². The Bertz CT molecular complexity index is 795. The lowest BCUT2D eigenvalue weighted by atomic mass is 10.1. The molecule has 144 valence electrons. The SMILES string of the molecule is Cc1ccc(NC(=O)CSc2ccc(F)cc2)cc1N1CC[C@H](N(C)C)C1. The molecule has 0 unspecified atom stereocenters. The van der Waals surface area contributed by atoms with E-state index in [9.17, 15) is 9.18 Å². The molecule has 0 spiro atoms. The van der Waals surface area contributed by atoms with E-state index < -0.39 is 0 Å². The van der Waals surface area contributed by atoms with E-state index in [4.69, 9.17) is 0 Å². The van der Waals surface area contributed by atoms with Crippen LogP contribution in [0.15, 0.2) is 47.4 Å².